The maximum absolute atomic E-state index is 8.66. The first kappa shape index (κ1) is 13.9. The Labute approximate surface area is 76.2 Å². The van der Waals surface area contributed by atoms with Crippen molar-refractivity contribution in [3.05, 3.63) is 12.5 Å². The molecule has 0 amide bonds. The van der Waals surface area contributed by atoms with Gasteiger partial charge >= 0.3 is 0 Å². The zero-order valence-corrected chi connectivity index (χ0v) is 8.76. The van der Waals surface area contributed by atoms with Crippen molar-refractivity contribution in [1.82, 2.24) is 0 Å². The molecule has 1 N–H and O–H groups in total. The largest absolute Gasteiger partial charge is 0.481 e. The van der Waals surface area contributed by atoms with E-state index in [-0.39, 0.29) is 12.0 Å². The second-order valence-corrected chi connectivity index (χ2v) is 2.33. The lowest BCUT2D eigenvalue weighted by Crippen LogP contribution is -2.10. The highest BCUT2D eigenvalue weighted by molar-refractivity contribution is 4.67. The van der Waals surface area contributed by atoms with Gasteiger partial charge in [-0.25, -0.2) is 0 Å². The van der Waals surface area contributed by atoms with Crippen LogP contribution in [0, 0.1) is 0 Å². The molecule has 1 unspecified atom stereocenters. The fourth-order valence-corrected chi connectivity index (χ4v) is 0.861. The van der Waals surface area contributed by atoms with Crippen molar-refractivity contribution in [2.75, 3.05) is 0 Å². The Balaban J connectivity index is 0. The van der Waals surface area contributed by atoms with Gasteiger partial charge in [-0.3, -0.25) is 0 Å². The van der Waals surface area contributed by atoms with Crippen molar-refractivity contribution in [3.63, 3.8) is 0 Å². The molecule has 0 radical (unpaired) electrons. The normalized spacial score (nSPS) is 11.0. The fraction of sp³-hybridized carbons (Fsp3) is 0.800. The number of rotatable bonds is 5. The lowest BCUT2D eigenvalue weighted by molar-refractivity contribution is 0.0270. The number of hydrogen-bond acceptors (Lipinski definition) is 2. The summed E-state index contributed by atoms with van der Waals surface area (Å²) in [5.74, 6) is -0.166. The molecule has 0 fully saturated rings. The van der Waals surface area contributed by atoms with Gasteiger partial charge in [0.05, 0.1) is 0 Å². The second kappa shape index (κ2) is 10.3. The second-order valence-electron chi connectivity index (χ2n) is 2.33. The van der Waals surface area contributed by atoms with Crippen LogP contribution in [0.4, 0.5) is 0 Å². The Morgan fingerprint density at radius 1 is 1.42 bits per heavy atom. The minimum Gasteiger partial charge on any atom is -0.481 e. The van der Waals surface area contributed by atoms with Crippen molar-refractivity contribution >= 4 is 0 Å². The smallest absolute Gasteiger partial charge is 0.269 e. The van der Waals surface area contributed by atoms with E-state index < -0.39 is 0 Å². The zero-order chi connectivity index (χ0) is 9.98. The van der Waals surface area contributed by atoms with Crippen LogP contribution in [0.25, 0.3) is 0 Å². The molecule has 74 valence electrons. The number of aliphatic hydroxyl groups excluding tert-OH is 1. The molecule has 2 nitrogen and oxygen atoms in total. The van der Waals surface area contributed by atoms with Crippen LogP contribution in [0.5, 0.6) is 0 Å². The molecular weight excluding hydrogens is 152 g/mol. The lowest BCUT2D eigenvalue weighted by atomic mass is 10.2. The summed E-state index contributed by atoms with van der Waals surface area (Å²) in [6.07, 6.45) is 3.12. The molecule has 0 rings (SSSR count). The van der Waals surface area contributed by atoms with Gasteiger partial charge in [-0.15, -0.1) is 0 Å². The van der Waals surface area contributed by atoms with Gasteiger partial charge in [0, 0.05) is 0 Å². The van der Waals surface area contributed by atoms with Gasteiger partial charge in [0.2, 0.25) is 0 Å². The van der Waals surface area contributed by atoms with E-state index >= 15 is 0 Å². The summed E-state index contributed by atoms with van der Waals surface area (Å²) < 4.78 is 5.00. The maximum atomic E-state index is 8.66. The molecule has 0 heterocycles. The molecule has 2 heteroatoms. The first-order chi connectivity index (χ1) is 5.70. The van der Waals surface area contributed by atoms with E-state index in [0.29, 0.717) is 0 Å². The van der Waals surface area contributed by atoms with Crippen molar-refractivity contribution in [3.8, 4) is 0 Å². The van der Waals surface area contributed by atoms with Gasteiger partial charge in [-0.2, -0.15) is 0 Å². The standard InChI is InChI=1S/C8H16O2.C2H6/c1-4-6-8(5-2)10-7(3)9;1-2/h8-9H,3-6H2,1-2H3;1-2H3. The first-order valence-corrected chi connectivity index (χ1v) is 4.75. The van der Waals surface area contributed by atoms with Gasteiger partial charge in [-0.05, 0) is 19.4 Å². The maximum Gasteiger partial charge on any atom is 0.269 e. The van der Waals surface area contributed by atoms with Crippen LogP contribution in [0.1, 0.15) is 47.0 Å². The molecule has 0 saturated carbocycles. The Hall–Kier alpha value is -0.660. The number of ether oxygens (including phenoxy) is 1. The Bertz CT molecular complexity index is 100. The van der Waals surface area contributed by atoms with Crippen LogP contribution in [-0.4, -0.2) is 11.2 Å². The van der Waals surface area contributed by atoms with Gasteiger partial charge in [0.25, 0.3) is 5.95 Å². The summed E-state index contributed by atoms with van der Waals surface area (Å²) >= 11 is 0. The molecule has 0 aromatic carbocycles. The molecule has 12 heavy (non-hydrogen) atoms. The number of hydrogen-bond donors (Lipinski definition) is 1. The summed E-state index contributed by atoms with van der Waals surface area (Å²) in [6.45, 7) is 11.4. The summed E-state index contributed by atoms with van der Waals surface area (Å²) in [7, 11) is 0. The Morgan fingerprint density at radius 2 is 1.92 bits per heavy atom. The highest BCUT2D eigenvalue weighted by atomic mass is 16.6. The highest BCUT2D eigenvalue weighted by Crippen LogP contribution is 2.08. The van der Waals surface area contributed by atoms with E-state index in [4.69, 9.17) is 9.84 Å². The molecule has 0 spiro atoms. The fourth-order valence-electron chi connectivity index (χ4n) is 0.861. The molecular formula is C10H22O2. The van der Waals surface area contributed by atoms with Crippen molar-refractivity contribution in [2.24, 2.45) is 0 Å². The molecule has 0 aromatic rings. The first-order valence-electron chi connectivity index (χ1n) is 4.75. The summed E-state index contributed by atoms with van der Waals surface area (Å²) in [4.78, 5) is 0. The number of aliphatic hydroxyl groups is 1. The van der Waals surface area contributed by atoms with Crippen molar-refractivity contribution in [2.45, 2.75) is 53.1 Å². The third kappa shape index (κ3) is 9.34. The minimum atomic E-state index is -0.166. The predicted octanol–water partition coefficient (Wildman–Crippen LogP) is 3.64. The zero-order valence-electron chi connectivity index (χ0n) is 8.76. The monoisotopic (exact) mass is 174 g/mol. The quantitative estimate of drug-likeness (QED) is 0.645. The van der Waals surface area contributed by atoms with Gasteiger partial charge in [0.15, 0.2) is 0 Å². The Kier molecular flexibility index (Phi) is 12.0. The topological polar surface area (TPSA) is 29.5 Å². The molecule has 0 aromatic heterocycles. The lowest BCUT2D eigenvalue weighted by Gasteiger charge is -2.14. The molecule has 0 aliphatic carbocycles. The average molecular weight is 174 g/mol. The van der Waals surface area contributed by atoms with Crippen molar-refractivity contribution in [1.29, 1.82) is 0 Å². The van der Waals surface area contributed by atoms with Gasteiger partial charge in [-0.1, -0.05) is 34.1 Å². The van der Waals surface area contributed by atoms with E-state index in [2.05, 4.69) is 13.5 Å². The summed E-state index contributed by atoms with van der Waals surface area (Å²) in [5, 5.41) is 8.66. The molecule has 0 aliphatic rings. The van der Waals surface area contributed by atoms with E-state index in [1.807, 2.05) is 20.8 Å². The van der Waals surface area contributed by atoms with Gasteiger partial charge in [0.1, 0.15) is 6.10 Å². The minimum absolute atomic E-state index is 0.141. The average Bonchev–Trinajstić information content (AvgIpc) is 2.07. The predicted molar refractivity (Wildman–Crippen MR) is 53.2 cm³/mol. The van der Waals surface area contributed by atoms with Crippen LogP contribution < -0.4 is 0 Å². The third-order valence-electron chi connectivity index (χ3n) is 1.37. The van der Waals surface area contributed by atoms with Gasteiger partial charge < -0.3 is 9.84 Å². The van der Waals surface area contributed by atoms with Crippen LogP contribution in [0.3, 0.4) is 0 Å². The third-order valence-corrected chi connectivity index (χ3v) is 1.37. The van der Waals surface area contributed by atoms with Crippen molar-refractivity contribution < 1.29 is 9.84 Å². The molecule has 1 atom stereocenters. The molecule has 0 bridgehead atoms. The Morgan fingerprint density at radius 3 is 2.17 bits per heavy atom. The van der Waals surface area contributed by atoms with E-state index in [9.17, 15) is 0 Å². The van der Waals surface area contributed by atoms with Crippen LogP contribution in [0.15, 0.2) is 12.5 Å². The van der Waals surface area contributed by atoms with E-state index in [1.54, 1.807) is 0 Å². The van der Waals surface area contributed by atoms with Crippen LogP contribution >= 0.6 is 0 Å². The van der Waals surface area contributed by atoms with E-state index in [0.717, 1.165) is 19.3 Å². The van der Waals surface area contributed by atoms with Crippen LogP contribution in [0.2, 0.25) is 0 Å². The van der Waals surface area contributed by atoms with Crippen LogP contribution in [-0.2, 0) is 4.74 Å². The molecule has 0 aliphatic heterocycles. The summed E-state index contributed by atoms with van der Waals surface area (Å²) in [5.41, 5.74) is 0. The van der Waals surface area contributed by atoms with E-state index in [1.165, 1.54) is 0 Å². The highest BCUT2D eigenvalue weighted by Gasteiger charge is 2.05. The SMILES string of the molecule is C=C(O)OC(CC)CCC.CC. The molecule has 0 saturated heterocycles. The summed E-state index contributed by atoms with van der Waals surface area (Å²) in [6, 6.07) is 0.